The lowest BCUT2D eigenvalue weighted by Crippen LogP contribution is -2.19. The highest BCUT2D eigenvalue weighted by Crippen LogP contribution is 2.28. The van der Waals surface area contributed by atoms with Gasteiger partial charge >= 0.3 is 0 Å². The Kier molecular flexibility index (Phi) is 3.88. The van der Waals surface area contributed by atoms with Crippen LogP contribution in [0.15, 0.2) is 0 Å². The van der Waals surface area contributed by atoms with Gasteiger partial charge in [0.05, 0.1) is 0 Å². The zero-order chi connectivity index (χ0) is 8.10. The van der Waals surface area contributed by atoms with Crippen LogP contribution in [-0.2, 0) is 0 Å². The molecule has 11 heavy (non-hydrogen) atoms. The van der Waals surface area contributed by atoms with Crippen LogP contribution in [0.5, 0.6) is 0 Å². The second-order valence-corrected chi connectivity index (χ2v) is 3.31. The molecule has 1 aliphatic carbocycles. The molecule has 0 spiro atoms. The number of rotatable bonds is 3. The molecule has 2 atom stereocenters. The van der Waals surface area contributed by atoms with Gasteiger partial charge in [0.2, 0.25) is 0 Å². The molecular formula is C10H17F. The normalized spacial score (nSPS) is 23.5. The van der Waals surface area contributed by atoms with Crippen LogP contribution in [0.1, 0.15) is 39.0 Å². The number of alkyl halides is 1. The van der Waals surface area contributed by atoms with Crippen LogP contribution in [-0.4, -0.2) is 6.17 Å². The van der Waals surface area contributed by atoms with Crippen molar-refractivity contribution >= 4 is 0 Å². The van der Waals surface area contributed by atoms with E-state index in [1.807, 2.05) is 6.92 Å². The molecule has 0 aliphatic heterocycles. The summed E-state index contributed by atoms with van der Waals surface area (Å²) in [7, 11) is 0. The monoisotopic (exact) mass is 156 g/mol. The van der Waals surface area contributed by atoms with Crippen molar-refractivity contribution in [2.24, 2.45) is 5.92 Å². The van der Waals surface area contributed by atoms with E-state index in [4.69, 9.17) is 0 Å². The third-order valence-electron chi connectivity index (χ3n) is 2.31. The molecule has 1 rings (SSSR count). The Balaban J connectivity index is 2.21. The second-order valence-electron chi connectivity index (χ2n) is 3.31. The predicted octanol–water partition coefficient (Wildman–Crippen LogP) is 3.33. The second kappa shape index (κ2) is 4.74. The van der Waals surface area contributed by atoms with Gasteiger partial charge in [0.25, 0.3) is 0 Å². The van der Waals surface area contributed by atoms with Crippen LogP contribution in [0, 0.1) is 18.8 Å². The SMILES string of the molecule is CCCC(F)C1[CH]CC[CH]C1. The Morgan fingerprint density at radius 3 is 2.91 bits per heavy atom. The van der Waals surface area contributed by atoms with Crippen molar-refractivity contribution in [1.82, 2.24) is 0 Å². The van der Waals surface area contributed by atoms with Gasteiger partial charge < -0.3 is 0 Å². The lowest BCUT2D eigenvalue weighted by atomic mass is 9.84. The van der Waals surface area contributed by atoms with Crippen molar-refractivity contribution in [2.45, 2.75) is 45.2 Å². The van der Waals surface area contributed by atoms with Crippen LogP contribution in [0.25, 0.3) is 0 Å². The standard InChI is InChI=1S/C10H17F/c1-2-6-10(11)9-7-4-3-5-8-9/h4,8-10H,2-3,5-7H2,1H3. The Hall–Kier alpha value is -0.0700. The van der Waals surface area contributed by atoms with Gasteiger partial charge in [-0.3, -0.25) is 0 Å². The fourth-order valence-electron chi connectivity index (χ4n) is 1.62. The fraction of sp³-hybridized carbons (Fsp3) is 0.800. The largest absolute Gasteiger partial charge is 0.247 e. The van der Waals surface area contributed by atoms with Gasteiger partial charge in [0.1, 0.15) is 6.17 Å². The first-order valence-electron chi connectivity index (χ1n) is 4.63. The Labute approximate surface area is 69.2 Å². The van der Waals surface area contributed by atoms with Gasteiger partial charge in [-0.15, -0.1) is 0 Å². The van der Waals surface area contributed by atoms with Crippen molar-refractivity contribution in [1.29, 1.82) is 0 Å². The molecule has 0 aromatic carbocycles. The lowest BCUT2D eigenvalue weighted by molar-refractivity contribution is 0.221. The van der Waals surface area contributed by atoms with Gasteiger partial charge in [-0.25, -0.2) is 4.39 Å². The Bertz CT molecular complexity index is 95.0. The molecule has 0 bridgehead atoms. The highest BCUT2D eigenvalue weighted by molar-refractivity contribution is 4.92. The average Bonchev–Trinajstić information content (AvgIpc) is 2.07. The molecule has 64 valence electrons. The Morgan fingerprint density at radius 1 is 1.55 bits per heavy atom. The summed E-state index contributed by atoms with van der Waals surface area (Å²) >= 11 is 0. The molecule has 0 N–H and O–H groups in total. The van der Waals surface area contributed by atoms with Crippen LogP contribution in [0.4, 0.5) is 4.39 Å². The minimum atomic E-state index is -0.587. The van der Waals surface area contributed by atoms with Gasteiger partial charge in [-0.05, 0) is 44.4 Å². The minimum absolute atomic E-state index is 0.226. The summed E-state index contributed by atoms with van der Waals surface area (Å²) in [5.41, 5.74) is 0. The van der Waals surface area contributed by atoms with E-state index in [0.717, 1.165) is 32.1 Å². The van der Waals surface area contributed by atoms with E-state index in [2.05, 4.69) is 12.8 Å². The molecule has 1 aliphatic rings. The summed E-state index contributed by atoms with van der Waals surface area (Å²) in [5.74, 6) is 0.226. The summed E-state index contributed by atoms with van der Waals surface area (Å²) < 4.78 is 13.2. The van der Waals surface area contributed by atoms with Crippen molar-refractivity contribution < 1.29 is 4.39 Å². The summed E-state index contributed by atoms with van der Waals surface area (Å²) in [4.78, 5) is 0. The van der Waals surface area contributed by atoms with E-state index >= 15 is 0 Å². The fourth-order valence-corrected chi connectivity index (χ4v) is 1.62. The third kappa shape index (κ3) is 2.80. The van der Waals surface area contributed by atoms with Crippen molar-refractivity contribution in [3.8, 4) is 0 Å². The summed E-state index contributed by atoms with van der Waals surface area (Å²) in [6.07, 6.45) is 8.66. The van der Waals surface area contributed by atoms with E-state index in [9.17, 15) is 4.39 Å². The van der Waals surface area contributed by atoms with E-state index in [-0.39, 0.29) is 5.92 Å². The van der Waals surface area contributed by atoms with E-state index < -0.39 is 6.17 Å². The zero-order valence-corrected chi connectivity index (χ0v) is 7.22. The van der Waals surface area contributed by atoms with Gasteiger partial charge in [-0.2, -0.15) is 0 Å². The summed E-state index contributed by atoms with van der Waals surface area (Å²) in [6.45, 7) is 2.04. The number of halogens is 1. The van der Waals surface area contributed by atoms with Crippen molar-refractivity contribution in [3.05, 3.63) is 12.8 Å². The molecule has 2 unspecified atom stereocenters. The maximum Gasteiger partial charge on any atom is 0.103 e. The zero-order valence-electron chi connectivity index (χ0n) is 7.22. The van der Waals surface area contributed by atoms with E-state index in [1.54, 1.807) is 0 Å². The highest BCUT2D eigenvalue weighted by Gasteiger charge is 2.22. The molecule has 0 aromatic rings. The maximum absolute atomic E-state index is 13.2. The molecule has 2 radical (unpaired) electrons. The molecule has 0 heterocycles. The van der Waals surface area contributed by atoms with Crippen LogP contribution in [0.2, 0.25) is 0 Å². The summed E-state index contributed by atoms with van der Waals surface area (Å²) in [6, 6.07) is 0. The molecular weight excluding hydrogens is 139 g/mol. The third-order valence-corrected chi connectivity index (χ3v) is 2.31. The smallest absolute Gasteiger partial charge is 0.103 e. The van der Waals surface area contributed by atoms with E-state index in [1.165, 1.54) is 0 Å². The van der Waals surface area contributed by atoms with Gasteiger partial charge in [0.15, 0.2) is 0 Å². The first-order valence-corrected chi connectivity index (χ1v) is 4.63. The minimum Gasteiger partial charge on any atom is -0.247 e. The highest BCUT2D eigenvalue weighted by atomic mass is 19.1. The van der Waals surface area contributed by atoms with Crippen LogP contribution in [0.3, 0.4) is 0 Å². The van der Waals surface area contributed by atoms with Crippen molar-refractivity contribution in [3.63, 3.8) is 0 Å². The molecule has 1 heteroatoms. The van der Waals surface area contributed by atoms with Gasteiger partial charge in [-0.1, -0.05) is 13.3 Å². The summed E-state index contributed by atoms with van der Waals surface area (Å²) in [5, 5.41) is 0. The number of hydrogen-bond donors (Lipinski definition) is 0. The van der Waals surface area contributed by atoms with Crippen LogP contribution < -0.4 is 0 Å². The molecule has 0 amide bonds. The quantitative estimate of drug-likeness (QED) is 0.588. The van der Waals surface area contributed by atoms with Gasteiger partial charge in [0, 0.05) is 0 Å². The lowest BCUT2D eigenvalue weighted by Gasteiger charge is -2.24. The molecule has 0 saturated heterocycles. The Morgan fingerprint density at radius 2 is 2.36 bits per heavy atom. The first-order chi connectivity index (χ1) is 5.34. The topological polar surface area (TPSA) is 0 Å². The molecule has 0 nitrogen and oxygen atoms in total. The number of hydrogen-bond acceptors (Lipinski definition) is 0. The first kappa shape index (κ1) is 9.02. The predicted molar refractivity (Wildman–Crippen MR) is 45.7 cm³/mol. The maximum atomic E-state index is 13.2. The van der Waals surface area contributed by atoms with Crippen molar-refractivity contribution in [2.75, 3.05) is 0 Å². The average molecular weight is 156 g/mol. The molecule has 1 saturated carbocycles. The molecule has 0 aromatic heterocycles. The van der Waals surface area contributed by atoms with E-state index in [0.29, 0.717) is 0 Å². The molecule has 1 fully saturated rings. The van der Waals surface area contributed by atoms with Crippen LogP contribution >= 0.6 is 0 Å².